The second kappa shape index (κ2) is 9.11. The molecule has 3 heterocycles. The average molecular weight is 525 g/mol. The van der Waals surface area contributed by atoms with Crippen molar-refractivity contribution in [3.05, 3.63) is 47.4 Å². The van der Waals surface area contributed by atoms with Crippen molar-refractivity contribution in [1.82, 2.24) is 30.3 Å². The van der Waals surface area contributed by atoms with E-state index < -0.39 is 17.6 Å². The van der Waals surface area contributed by atoms with E-state index in [-0.39, 0.29) is 28.3 Å². The molecule has 0 saturated heterocycles. The lowest BCUT2D eigenvalue weighted by Gasteiger charge is -2.69. The zero-order valence-electron chi connectivity index (χ0n) is 20.4. The molecule has 1 atom stereocenters. The monoisotopic (exact) mass is 524 g/mol. The number of hydrogen-bond acceptors (Lipinski definition) is 8. The molecule has 3 aliphatic carbocycles. The van der Waals surface area contributed by atoms with Crippen molar-refractivity contribution < 1.29 is 19.1 Å². The van der Waals surface area contributed by atoms with Crippen molar-refractivity contribution in [2.45, 2.75) is 44.8 Å². The molecule has 0 spiro atoms. The number of nitrogens with one attached hydrogen (secondary N) is 3. The van der Waals surface area contributed by atoms with Crippen LogP contribution in [0, 0.1) is 5.41 Å². The summed E-state index contributed by atoms with van der Waals surface area (Å²) in [6.45, 7) is 3.17. The van der Waals surface area contributed by atoms with Crippen LogP contribution in [0.2, 0.25) is 5.15 Å². The minimum atomic E-state index is -0.724. The van der Waals surface area contributed by atoms with E-state index in [0.29, 0.717) is 41.9 Å². The highest BCUT2D eigenvalue weighted by atomic mass is 35.5. The van der Waals surface area contributed by atoms with E-state index in [1.54, 1.807) is 44.4 Å². The smallest absolute Gasteiger partial charge is 0.413 e. The fourth-order valence-electron chi connectivity index (χ4n) is 5.13. The van der Waals surface area contributed by atoms with Crippen molar-refractivity contribution in [2.75, 3.05) is 10.6 Å². The molecule has 3 amide bonds. The van der Waals surface area contributed by atoms with Crippen LogP contribution in [0.4, 0.5) is 16.3 Å². The van der Waals surface area contributed by atoms with E-state index in [1.807, 2.05) is 0 Å². The first-order chi connectivity index (χ1) is 17.6. The Kier molecular flexibility index (Phi) is 6.06. The molecule has 3 aromatic heterocycles. The molecule has 6 rings (SSSR count). The highest BCUT2D eigenvalue weighted by Crippen LogP contribution is 2.67. The molecule has 0 aromatic carbocycles. The van der Waals surface area contributed by atoms with Gasteiger partial charge in [-0.2, -0.15) is 0 Å². The summed E-state index contributed by atoms with van der Waals surface area (Å²) in [5.41, 5.74) is 1.24. The first kappa shape index (κ1) is 24.6. The normalized spacial score (nSPS) is 22.2. The molecule has 3 fully saturated rings. The number of pyridine rings is 2. The minimum absolute atomic E-state index is 0.0768. The summed E-state index contributed by atoms with van der Waals surface area (Å²) < 4.78 is 6.84. The van der Waals surface area contributed by atoms with Gasteiger partial charge in [0.2, 0.25) is 11.8 Å². The lowest BCUT2D eigenvalue weighted by atomic mass is 9.39. The van der Waals surface area contributed by atoms with Gasteiger partial charge >= 0.3 is 6.09 Å². The predicted octanol–water partition coefficient (Wildman–Crippen LogP) is 3.23. The number of hydrogen-bond donors (Lipinski definition) is 3. The van der Waals surface area contributed by atoms with Crippen LogP contribution in [0.15, 0.2) is 36.7 Å². The maximum atomic E-state index is 12.8. The first-order valence-electron chi connectivity index (χ1n) is 11.6. The number of ether oxygens (including phenoxy) is 1. The number of aryl methyl sites for hydroxylation is 1. The van der Waals surface area contributed by atoms with E-state index in [2.05, 4.69) is 36.2 Å². The van der Waals surface area contributed by atoms with E-state index in [1.165, 1.54) is 17.8 Å². The van der Waals surface area contributed by atoms with Gasteiger partial charge in [-0.15, -0.1) is 5.10 Å². The number of halogens is 1. The fraction of sp³-hybridized carbons (Fsp3) is 0.375. The Labute approximate surface area is 217 Å². The van der Waals surface area contributed by atoms with Crippen LogP contribution in [-0.4, -0.2) is 48.4 Å². The van der Waals surface area contributed by atoms with Crippen LogP contribution in [0.3, 0.4) is 0 Å². The summed E-state index contributed by atoms with van der Waals surface area (Å²) in [5, 5.41) is 16.8. The number of nitrogens with zero attached hydrogens (tertiary/aromatic N) is 5. The first-order valence-corrected chi connectivity index (χ1v) is 12.0. The van der Waals surface area contributed by atoms with Crippen molar-refractivity contribution in [2.24, 2.45) is 12.5 Å². The van der Waals surface area contributed by atoms with Gasteiger partial charge in [-0.3, -0.25) is 19.9 Å². The summed E-state index contributed by atoms with van der Waals surface area (Å²) in [4.78, 5) is 45.1. The Bertz CT molecular complexity index is 1370. The largest absolute Gasteiger partial charge is 0.441 e. The second-order valence-corrected chi connectivity index (χ2v) is 9.98. The van der Waals surface area contributed by atoms with E-state index in [0.717, 1.165) is 0 Å². The van der Waals surface area contributed by atoms with Gasteiger partial charge in [0, 0.05) is 31.3 Å². The van der Waals surface area contributed by atoms with Crippen LogP contribution < -0.4 is 16.0 Å². The molecule has 0 radical (unpaired) electrons. The Morgan fingerprint density at radius 2 is 1.89 bits per heavy atom. The molecule has 3 N–H and O–H groups in total. The van der Waals surface area contributed by atoms with Gasteiger partial charge in [-0.25, -0.2) is 14.5 Å². The highest BCUT2D eigenvalue weighted by Gasteiger charge is 2.72. The summed E-state index contributed by atoms with van der Waals surface area (Å²) in [5.74, 6) is 0.129. The van der Waals surface area contributed by atoms with Crippen LogP contribution in [0.1, 0.15) is 44.8 Å². The Morgan fingerprint density at radius 3 is 2.54 bits per heavy atom. The van der Waals surface area contributed by atoms with Crippen molar-refractivity contribution >= 4 is 41.0 Å². The third-order valence-electron chi connectivity index (χ3n) is 6.77. The van der Waals surface area contributed by atoms with Gasteiger partial charge < -0.3 is 15.4 Å². The molecule has 13 heteroatoms. The number of aromatic nitrogens is 5. The molecule has 37 heavy (non-hydrogen) atoms. The third kappa shape index (κ3) is 4.59. The maximum absolute atomic E-state index is 12.8. The van der Waals surface area contributed by atoms with Gasteiger partial charge in [0.1, 0.15) is 11.3 Å². The van der Waals surface area contributed by atoms with Crippen molar-refractivity contribution in [3.8, 4) is 11.4 Å². The molecule has 3 saturated carbocycles. The number of rotatable bonds is 7. The summed E-state index contributed by atoms with van der Waals surface area (Å²) >= 11 is 6.09. The van der Waals surface area contributed by atoms with Gasteiger partial charge in [-0.05, 0) is 44.4 Å². The molecule has 0 unspecified atom stereocenters. The number of carbonyl (C=O) groups is 3. The number of amides is 3. The third-order valence-corrected chi connectivity index (χ3v) is 7.09. The van der Waals surface area contributed by atoms with Crippen LogP contribution in [0.25, 0.3) is 11.4 Å². The van der Waals surface area contributed by atoms with Gasteiger partial charge in [-0.1, -0.05) is 22.9 Å². The quantitative estimate of drug-likeness (QED) is 0.398. The summed E-state index contributed by atoms with van der Waals surface area (Å²) in [6.07, 6.45) is 3.65. The fourth-order valence-corrected chi connectivity index (χ4v) is 5.40. The average Bonchev–Trinajstić information content (AvgIpc) is 3.15. The summed E-state index contributed by atoms with van der Waals surface area (Å²) in [7, 11) is 1.62. The van der Waals surface area contributed by atoms with Gasteiger partial charge in [0.15, 0.2) is 11.5 Å². The highest BCUT2D eigenvalue weighted by molar-refractivity contribution is 6.30. The minimum Gasteiger partial charge on any atom is -0.441 e. The van der Waals surface area contributed by atoms with Crippen molar-refractivity contribution in [3.63, 3.8) is 0 Å². The lowest BCUT2D eigenvalue weighted by Crippen LogP contribution is -2.77. The Hall–Kier alpha value is -4.06. The maximum Gasteiger partial charge on any atom is 0.413 e. The molecule has 2 bridgehead atoms. The van der Waals surface area contributed by atoms with Crippen molar-refractivity contribution in [1.29, 1.82) is 0 Å². The zero-order valence-corrected chi connectivity index (χ0v) is 21.2. The van der Waals surface area contributed by atoms with Crippen LogP contribution in [0.5, 0.6) is 0 Å². The number of anilines is 2. The summed E-state index contributed by atoms with van der Waals surface area (Å²) in [6, 6.07) is 6.81. The van der Waals surface area contributed by atoms with Gasteiger partial charge in [0.25, 0.3) is 0 Å². The zero-order chi connectivity index (χ0) is 26.4. The van der Waals surface area contributed by atoms with Gasteiger partial charge in [0.05, 0.1) is 23.0 Å². The number of carbonyl (C=O) groups excluding carboxylic acids is 3. The molecule has 192 valence electrons. The molecule has 0 aliphatic heterocycles. The topological polar surface area (TPSA) is 153 Å². The Morgan fingerprint density at radius 1 is 1.14 bits per heavy atom. The molecule has 12 nitrogen and oxygen atoms in total. The molecular formula is C24H25ClN8O4. The lowest BCUT2D eigenvalue weighted by molar-refractivity contribution is -0.178. The SMILES string of the molecule is CC(=O)NC12CC(C(=O)Nc3ccc(-c4nnn(C)c4NC(=O)O[C@H](C)c4cccnc4Cl)nc3)(C1)C2. The molecule has 3 aliphatic rings. The second-order valence-electron chi connectivity index (χ2n) is 9.62. The Balaban J connectivity index is 1.22. The van der Waals surface area contributed by atoms with Crippen LogP contribution in [-0.2, 0) is 21.4 Å². The predicted molar refractivity (Wildman–Crippen MR) is 133 cm³/mol. The molecular weight excluding hydrogens is 500 g/mol. The van der Waals surface area contributed by atoms with E-state index >= 15 is 0 Å². The van der Waals surface area contributed by atoms with Crippen LogP contribution >= 0.6 is 11.6 Å². The van der Waals surface area contributed by atoms with E-state index in [9.17, 15) is 14.4 Å². The van der Waals surface area contributed by atoms with E-state index in [4.69, 9.17) is 16.3 Å². The standard InChI is InChI=1S/C24H25ClN8O4/c1-13(16-5-4-8-26-19(16)25)37-22(36)29-20-18(31-32-33(20)3)17-7-6-15(9-27-17)28-21(35)23-10-24(11-23,12-23)30-14(2)34/h4-9,13H,10-12H2,1-3H3,(H,28,35)(H,29,36)(H,30,34)/t13-,23?,24?/m1/s1. The molecule has 3 aromatic rings.